The number of aromatic nitrogens is 2. The van der Waals surface area contributed by atoms with Crippen molar-refractivity contribution in [3.63, 3.8) is 0 Å². The highest BCUT2D eigenvalue weighted by molar-refractivity contribution is 5.56. The van der Waals surface area contributed by atoms with Gasteiger partial charge in [0.15, 0.2) is 5.82 Å². The fourth-order valence-electron chi connectivity index (χ4n) is 2.62. The summed E-state index contributed by atoms with van der Waals surface area (Å²) in [6, 6.07) is 7.95. The number of rotatable bonds is 4. The Morgan fingerprint density at radius 2 is 2.25 bits per heavy atom. The minimum Gasteiger partial charge on any atom is -0.388 e. The number of hydrogen-bond acceptors (Lipinski definition) is 5. The molecule has 1 unspecified atom stereocenters. The summed E-state index contributed by atoms with van der Waals surface area (Å²) in [4.78, 5) is 6.59. The van der Waals surface area contributed by atoms with E-state index in [0.29, 0.717) is 12.4 Å². The summed E-state index contributed by atoms with van der Waals surface area (Å²) in [5.74, 6) is 1.41. The standard InChI is InChI=1S/C15H19N3O2/c1-2-5-14-16-15(20-17-14)10-18-9-8-13(19)11-6-3-4-7-12(11)18/h3-4,6-7,13,19H,2,5,8-10H2,1H3. The third-order valence-corrected chi connectivity index (χ3v) is 3.62. The fraction of sp³-hybridized carbons (Fsp3) is 0.467. The summed E-state index contributed by atoms with van der Waals surface area (Å²) in [5.41, 5.74) is 2.04. The number of aryl methyl sites for hydroxylation is 1. The fourth-order valence-corrected chi connectivity index (χ4v) is 2.62. The maximum Gasteiger partial charge on any atom is 0.246 e. The Morgan fingerprint density at radius 3 is 3.10 bits per heavy atom. The molecule has 1 aliphatic heterocycles. The van der Waals surface area contributed by atoms with E-state index in [2.05, 4.69) is 22.0 Å². The van der Waals surface area contributed by atoms with Crippen LogP contribution in [-0.4, -0.2) is 21.8 Å². The number of aliphatic hydroxyl groups excluding tert-OH is 1. The summed E-state index contributed by atoms with van der Waals surface area (Å²) in [6.07, 6.45) is 2.21. The Morgan fingerprint density at radius 1 is 1.40 bits per heavy atom. The Bertz CT molecular complexity index is 582. The third kappa shape index (κ3) is 2.54. The first-order chi connectivity index (χ1) is 9.78. The molecule has 1 N–H and O–H groups in total. The van der Waals surface area contributed by atoms with E-state index in [1.165, 1.54) is 0 Å². The van der Waals surface area contributed by atoms with Gasteiger partial charge in [0.2, 0.25) is 5.89 Å². The summed E-state index contributed by atoms with van der Waals surface area (Å²) in [6.45, 7) is 3.49. The van der Waals surface area contributed by atoms with Gasteiger partial charge >= 0.3 is 0 Å². The highest BCUT2D eigenvalue weighted by Gasteiger charge is 2.24. The van der Waals surface area contributed by atoms with E-state index in [1.807, 2.05) is 24.3 Å². The van der Waals surface area contributed by atoms with E-state index in [4.69, 9.17) is 4.52 Å². The lowest BCUT2D eigenvalue weighted by Gasteiger charge is -2.32. The summed E-state index contributed by atoms with van der Waals surface area (Å²) < 4.78 is 5.30. The van der Waals surface area contributed by atoms with Gasteiger partial charge in [-0.1, -0.05) is 30.3 Å². The number of hydrogen-bond donors (Lipinski definition) is 1. The van der Waals surface area contributed by atoms with Gasteiger partial charge in [-0.15, -0.1) is 0 Å². The Hall–Kier alpha value is -1.88. The third-order valence-electron chi connectivity index (χ3n) is 3.62. The van der Waals surface area contributed by atoms with Crippen LogP contribution in [0.5, 0.6) is 0 Å². The molecule has 20 heavy (non-hydrogen) atoms. The molecule has 0 aliphatic carbocycles. The number of benzene rings is 1. The maximum absolute atomic E-state index is 10.0. The van der Waals surface area contributed by atoms with E-state index >= 15 is 0 Å². The molecule has 5 heteroatoms. The predicted octanol–water partition coefficient (Wildman–Crippen LogP) is 2.47. The van der Waals surface area contributed by atoms with Crippen LogP contribution >= 0.6 is 0 Å². The summed E-state index contributed by atoms with van der Waals surface area (Å²) >= 11 is 0. The first kappa shape index (κ1) is 13.1. The van der Waals surface area contributed by atoms with Gasteiger partial charge in [-0.25, -0.2) is 0 Å². The van der Waals surface area contributed by atoms with Crippen molar-refractivity contribution in [3.8, 4) is 0 Å². The smallest absolute Gasteiger partial charge is 0.246 e. The molecule has 2 aromatic rings. The molecule has 5 nitrogen and oxygen atoms in total. The van der Waals surface area contributed by atoms with Crippen LogP contribution in [0.25, 0.3) is 0 Å². The average molecular weight is 273 g/mol. The average Bonchev–Trinajstić information content (AvgIpc) is 2.90. The van der Waals surface area contributed by atoms with E-state index in [1.54, 1.807) is 0 Å². The highest BCUT2D eigenvalue weighted by atomic mass is 16.5. The molecule has 2 heterocycles. The van der Waals surface area contributed by atoms with Gasteiger partial charge in [0.1, 0.15) is 0 Å². The topological polar surface area (TPSA) is 62.4 Å². The van der Waals surface area contributed by atoms with Crippen LogP contribution in [0.15, 0.2) is 28.8 Å². The minimum absolute atomic E-state index is 0.374. The van der Waals surface area contributed by atoms with Crippen molar-refractivity contribution >= 4 is 5.69 Å². The Kier molecular flexibility index (Phi) is 3.69. The van der Waals surface area contributed by atoms with Crippen molar-refractivity contribution in [3.05, 3.63) is 41.5 Å². The van der Waals surface area contributed by atoms with Crippen LogP contribution in [0.2, 0.25) is 0 Å². The van der Waals surface area contributed by atoms with E-state index < -0.39 is 0 Å². The summed E-state index contributed by atoms with van der Waals surface area (Å²) in [5, 5.41) is 14.0. The second kappa shape index (κ2) is 5.63. The Balaban J connectivity index is 1.79. The lowest BCUT2D eigenvalue weighted by atomic mass is 9.99. The quantitative estimate of drug-likeness (QED) is 0.927. The van der Waals surface area contributed by atoms with Gasteiger partial charge in [0, 0.05) is 24.2 Å². The van der Waals surface area contributed by atoms with Crippen LogP contribution in [-0.2, 0) is 13.0 Å². The van der Waals surface area contributed by atoms with Gasteiger partial charge in [0.25, 0.3) is 0 Å². The molecule has 0 amide bonds. The highest BCUT2D eigenvalue weighted by Crippen LogP contribution is 2.34. The van der Waals surface area contributed by atoms with Crippen LogP contribution in [0.1, 0.15) is 43.1 Å². The molecular weight excluding hydrogens is 254 g/mol. The van der Waals surface area contributed by atoms with Crippen molar-refractivity contribution in [1.29, 1.82) is 0 Å². The molecule has 0 spiro atoms. The van der Waals surface area contributed by atoms with Gasteiger partial charge in [-0.05, 0) is 18.9 Å². The molecule has 0 saturated heterocycles. The predicted molar refractivity (Wildman–Crippen MR) is 75.4 cm³/mol. The van der Waals surface area contributed by atoms with Gasteiger partial charge in [-0.2, -0.15) is 4.98 Å². The number of nitrogens with zero attached hydrogens (tertiary/aromatic N) is 3. The molecule has 0 saturated carbocycles. The summed E-state index contributed by atoms with van der Waals surface area (Å²) in [7, 11) is 0. The first-order valence-electron chi connectivity index (χ1n) is 7.11. The van der Waals surface area contributed by atoms with Crippen molar-refractivity contribution in [2.75, 3.05) is 11.4 Å². The van der Waals surface area contributed by atoms with E-state index in [-0.39, 0.29) is 6.10 Å². The molecule has 1 aromatic carbocycles. The molecule has 1 atom stereocenters. The lowest BCUT2D eigenvalue weighted by molar-refractivity contribution is 0.163. The van der Waals surface area contributed by atoms with Crippen LogP contribution in [0.3, 0.4) is 0 Å². The molecule has 106 valence electrons. The largest absolute Gasteiger partial charge is 0.388 e. The maximum atomic E-state index is 10.0. The van der Waals surface area contributed by atoms with Crippen LogP contribution < -0.4 is 4.90 Å². The van der Waals surface area contributed by atoms with Gasteiger partial charge in [0.05, 0.1) is 12.6 Å². The van der Waals surface area contributed by atoms with Gasteiger partial charge < -0.3 is 14.5 Å². The van der Waals surface area contributed by atoms with E-state index in [9.17, 15) is 5.11 Å². The zero-order valence-corrected chi connectivity index (χ0v) is 11.6. The molecule has 0 bridgehead atoms. The number of aliphatic hydroxyl groups is 1. The number of fused-ring (bicyclic) bond motifs is 1. The SMILES string of the molecule is CCCc1noc(CN2CCC(O)c3ccccc32)n1. The minimum atomic E-state index is -0.374. The second-order valence-electron chi connectivity index (χ2n) is 5.14. The normalized spacial score (nSPS) is 18.1. The molecular formula is C15H19N3O2. The zero-order chi connectivity index (χ0) is 13.9. The zero-order valence-electron chi connectivity index (χ0n) is 11.6. The van der Waals surface area contributed by atoms with Gasteiger partial charge in [-0.3, -0.25) is 0 Å². The lowest BCUT2D eigenvalue weighted by Crippen LogP contribution is -2.30. The molecule has 3 rings (SSSR count). The molecule has 0 radical (unpaired) electrons. The number of anilines is 1. The van der Waals surface area contributed by atoms with Crippen molar-refractivity contribution in [2.24, 2.45) is 0 Å². The second-order valence-corrected chi connectivity index (χ2v) is 5.14. The monoisotopic (exact) mass is 273 g/mol. The molecule has 1 aromatic heterocycles. The number of para-hydroxylation sites is 1. The molecule has 1 aliphatic rings. The van der Waals surface area contributed by atoms with Crippen molar-refractivity contribution in [1.82, 2.24) is 10.1 Å². The van der Waals surface area contributed by atoms with Crippen LogP contribution in [0, 0.1) is 0 Å². The Labute approximate surface area is 118 Å². The first-order valence-corrected chi connectivity index (χ1v) is 7.11. The van der Waals surface area contributed by atoms with Crippen molar-refractivity contribution < 1.29 is 9.63 Å². The van der Waals surface area contributed by atoms with Crippen molar-refractivity contribution in [2.45, 2.75) is 38.8 Å². The molecule has 0 fully saturated rings. The van der Waals surface area contributed by atoms with E-state index in [0.717, 1.165) is 42.9 Å². The van der Waals surface area contributed by atoms with Crippen LogP contribution in [0.4, 0.5) is 5.69 Å².